The van der Waals surface area contributed by atoms with Gasteiger partial charge in [0.25, 0.3) is 0 Å². The fraction of sp³-hybridized carbons (Fsp3) is 0.652. The zero-order chi connectivity index (χ0) is 21.7. The van der Waals surface area contributed by atoms with Crippen LogP contribution in [0.3, 0.4) is 0 Å². The summed E-state index contributed by atoms with van der Waals surface area (Å²) in [5, 5.41) is 7.54. The van der Waals surface area contributed by atoms with Crippen molar-refractivity contribution in [2.75, 3.05) is 50.8 Å². The number of piperazine rings is 1. The SMILES string of the molecule is CC(C)COC(=O)CN1CCC(N2CCN(c3ccc(C(=N)N)cc3)CC2C)CC1. The molecule has 0 bridgehead atoms. The minimum atomic E-state index is -0.0973. The Balaban J connectivity index is 1.45. The molecule has 0 saturated carbocycles. The maximum Gasteiger partial charge on any atom is 0.320 e. The number of carbonyl (C=O) groups is 1. The van der Waals surface area contributed by atoms with Crippen LogP contribution in [0.1, 0.15) is 39.2 Å². The van der Waals surface area contributed by atoms with Gasteiger partial charge in [-0.2, -0.15) is 0 Å². The number of anilines is 1. The molecule has 2 fully saturated rings. The fourth-order valence-corrected chi connectivity index (χ4v) is 4.50. The molecule has 30 heavy (non-hydrogen) atoms. The Kier molecular flexibility index (Phi) is 7.72. The maximum atomic E-state index is 12.0. The molecule has 0 amide bonds. The van der Waals surface area contributed by atoms with E-state index in [0.717, 1.165) is 51.1 Å². The number of likely N-dealkylation sites (tertiary alicyclic amines) is 1. The summed E-state index contributed by atoms with van der Waals surface area (Å²) in [6.07, 6.45) is 2.21. The molecule has 1 atom stereocenters. The average molecular weight is 416 g/mol. The Bertz CT molecular complexity index is 713. The molecule has 0 radical (unpaired) electrons. The number of rotatable bonds is 7. The van der Waals surface area contributed by atoms with Crippen LogP contribution in [0.15, 0.2) is 24.3 Å². The van der Waals surface area contributed by atoms with E-state index in [1.165, 1.54) is 5.69 Å². The monoisotopic (exact) mass is 415 g/mol. The number of ether oxygens (including phenoxy) is 1. The van der Waals surface area contributed by atoms with Gasteiger partial charge in [0.2, 0.25) is 0 Å². The van der Waals surface area contributed by atoms with Crippen molar-refractivity contribution in [1.29, 1.82) is 5.41 Å². The lowest BCUT2D eigenvalue weighted by molar-refractivity contribution is -0.146. The third-order valence-electron chi connectivity index (χ3n) is 6.18. The number of carbonyl (C=O) groups excluding carboxylic acids is 1. The van der Waals surface area contributed by atoms with E-state index < -0.39 is 0 Å². The topological polar surface area (TPSA) is 85.9 Å². The number of hydrogen-bond donors (Lipinski definition) is 2. The third-order valence-corrected chi connectivity index (χ3v) is 6.18. The zero-order valence-electron chi connectivity index (χ0n) is 18.6. The van der Waals surface area contributed by atoms with Crippen LogP contribution in [0, 0.1) is 11.3 Å². The molecule has 0 spiro atoms. The lowest BCUT2D eigenvalue weighted by Crippen LogP contribution is -2.57. The number of nitrogen functional groups attached to an aromatic ring is 1. The van der Waals surface area contributed by atoms with Gasteiger partial charge in [0.15, 0.2) is 0 Å². The van der Waals surface area contributed by atoms with Crippen molar-refractivity contribution in [3.8, 4) is 0 Å². The second-order valence-corrected chi connectivity index (χ2v) is 9.08. The number of hydrogen-bond acceptors (Lipinski definition) is 6. The van der Waals surface area contributed by atoms with Crippen molar-refractivity contribution in [1.82, 2.24) is 9.80 Å². The van der Waals surface area contributed by atoms with Crippen molar-refractivity contribution in [3.63, 3.8) is 0 Å². The number of nitrogens with two attached hydrogens (primary N) is 1. The molecule has 1 aromatic rings. The summed E-state index contributed by atoms with van der Waals surface area (Å²) in [4.78, 5) is 19.3. The molecule has 7 nitrogen and oxygen atoms in total. The molecular weight excluding hydrogens is 378 g/mol. The van der Waals surface area contributed by atoms with Crippen LogP contribution in [-0.2, 0) is 9.53 Å². The molecule has 0 aromatic heterocycles. The van der Waals surface area contributed by atoms with Crippen molar-refractivity contribution < 1.29 is 9.53 Å². The molecule has 0 aliphatic carbocycles. The average Bonchev–Trinajstić information content (AvgIpc) is 2.73. The second kappa shape index (κ2) is 10.3. The molecule has 3 rings (SSSR count). The van der Waals surface area contributed by atoms with E-state index in [9.17, 15) is 4.79 Å². The quantitative estimate of drug-likeness (QED) is 0.403. The Hall–Kier alpha value is -2.12. The summed E-state index contributed by atoms with van der Waals surface area (Å²) in [7, 11) is 0. The predicted octanol–water partition coefficient (Wildman–Crippen LogP) is 2.14. The number of piperidine rings is 1. The molecule has 3 N–H and O–H groups in total. The van der Waals surface area contributed by atoms with Crippen LogP contribution >= 0.6 is 0 Å². The molecule has 2 aliphatic rings. The lowest BCUT2D eigenvalue weighted by Gasteiger charge is -2.47. The summed E-state index contributed by atoms with van der Waals surface area (Å²) < 4.78 is 5.33. The number of nitrogens with zero attached hydrogens (tertiary/aromatic N) is 3. The number of nitrogens with one attached hydrogen (secondary N) is 1. The molecule has 2 aliphatic heterocycles. The van der Waals surface area contributed by atoms with E-state index in [0.29, 0.717) is 31.2 Å². The summed E-state index contributed by atoms with van der Waals surface area (Å²) in [6, 6.07) is 9.06. The van der Waals surface area contributed by atoms with Gasteiger partial charge in [-0.25, -0.2) is 0 Å². The smallest absolute Gasteiger partial charge is 0.320 e. The lowest BCUT2D eigenvalue weighted by atomic mass is 9.99. The predicted molar refractivity (Wildman–Crippen MR) is 121 cm³/mol. The van der Waals surface area contributed by atoms with E-state index in [4.69, 9.17) is 15.9 Å². The van der Waals surface area contributed by atoms with Crippen LogP contribution in [-0.4, -0.2) is 79.6 Å². The molecule has 166 valence electrons. The minimum Gasteiger partial charge on any atom is -0.464 e. The Labute approximate surface area is 180 Å². The number of benzene rings is 1. The van der Waals surface area contributed by atoms with Crippen LogP contribution in [0.2, 0.25) is 0 Å². The van der Waals surface area contributed by atoms with Gasteiger partial charge >= 0.3 is 5.97 Å². The number of esters is 1. The fourth-order valence-electron chi connectivity index (χ4n) is 4.50. The van der Waals surface area contributed by atoms with E-state index in [-0.39, 0.29) is 11.8 Å². The van der Waals surface area contributed by atoms with Gasteiger partial charge in [0.1, 0.15) is 5.84 Å². The van der Waals surface area contributed by atoms with E-state index in [1.807, 2.05) is 12.1 Å². The van der Waals surface area contributed by atoms with Crippen molar-refractivity contribution in [2.45, 2.75) is 45.7 Å². The summed E-state index contributed by atoms with van der Waals surface area (Å²) in [6.45, 7) is 12.3. The van der Waals surface area contributed by atoms with Crippen molar-refractivity contribution in [3.05, 3.63) is 29.8 Å². The molecular formula is C23H37N5O2. The summed E-state index contributed by atoms with van der Waals surface area (Å²) in [5.41, 5.74) is 7.53. The van der Waals surface area contributed by atoms with Crippen LogP contribution in [0.25, 0.3) is 0 Å². The highest BCUT2D eigenvalue weighted by molar-refractivity contribution is 5.95. The normalized spacial score (nSPS) is 21.7. The first-order valence-electron chi connectivity index (χ1n) is 11.2. The summed E-state index contributed by atoms with van der Waals surface area (Å²) >= 11 is 0. The first kappa shape index (κ1) is 22.6. The third kappa shape index (κ3) is 5.95. The molecule has 1 unspecified atom stereocenters. The van der Waals surface area contributed by atoms with Gasteiger partial charge in [-0.1, -0.05) is 13.8 Å². The molecule has 7 heteroatoms. The van der Waals surface area contributed by atoms with Gasteiger partial charge in [-0.15, -0.1) is 0 Å². The van der Waals surface area contributed by atoms with Gasteiger partial charge < -0.3 is 15.4 Å². The van der Waals surface area contributed by atoms with Crippen LogP contribution in [0.5, 0.6) is 0 Å². The van der Waals surface area contributed by atoms with Gasteiger partial charge in [0, 0.05) is 56.1 Å². The largest absolute Gasteiger partial charge is 0.464 e. The highest BCUT2D eigenvalue weighted by Gasteiger charge is 2.32. The standard InChI is InChI=1S/C23H37N5O2/c1-17(2)16-30-22(29)15-26-10-8-21(9-11-26)28-13-12-27(14-18(28)3)20-6-4-19(5-7-20)23(24)25/h4-7,17-18,21H,8-16H2,1-3H3,(H3,24,25). The Morgan fingerprint density at radius 2 is 1.83 bits per heavy atom. The Morgan fingerprint density at radius 1 is 1.17 bits per heavy atom. The van der Waals surface area contributed by atoms with Crippen LogP contribution in [0.4, 0.5) is 5.69 Å². The van der Waals surface area contributed by atoms with E-state index in [1.54, 1.807) is 0 Å². The van der Waals surface area contributed by atoms with Crippen LogP contribution < -0.4 is 10.6 Å². The zero-order valence-corrected chi connectivity index (χ0v) is 18.6. The summed E-state index contributed by atoms with van der Waals surface area (Å²) in [5.74, 6) is 0.395. The van der Waals surface area contributed by atoms with Crippen molar-refractivity contribution in [2.24, 2.45) is 11.7 Å². The molecule has 1 aromatic carbocycles. The van der Waals surface area contributed by atoms with Gasteiger partial charge in [0.05, 0.1) is 13.2 Å². The van der Waals surface area contributed by atoms with E-state index in [2.05, 4.69) is 47.6 Å². The first-order valence-corrected chi connectivity index (χ1v) is 11.2. The highest BCUT2D eigenvalue weighted by Crippen LogP contribution is 2.25. The van der Waals surface area contributed by atoms with E-state index >= 15 is 0 Å². The molecule has 2 saturated heterocycles. The maximum absolute atomic E-state index is 12.0. The van der Waals surface area contributed by atoms with Gasteiger partial charge in [-0.3, -0.25) is 20.0 Å². The highest BCUT2D eigenvalue weighted by atomic mass is 16.5. The second-order valence-electron chi connectivity index (χ2n) is 9.08. The Morgan fingerprint density at radius 3 is 2.40 bits per heavy atom. The van der Waals surface area contributed by atoms with Crippen molar-refractivity contribution >= 4 is 17.5 Å². The molecule has 2 heterocycles. The van der Waals surface area contributed by atoms with Gasteiger partial charge in [-0.05, 0) is 49.9 Å². The first-order chi connectivity index (χ1) is 14.3. The number of amidine groups is 1. The minimum absolute atomic E-state index is 0.0973.